The van der Waals surface area contributed by atoms with Crippen LogP contribution in [0.4, 0.5) is 13.2 Å². The fourth-order valence-corrected chi connectivity index (χ4v) is 3.75. The number of rotatable bonds is 4. The summed E-state index contributed by atoms with van der Waals surface area (Å²) >= 11 is 0. The Morgan fingerprint density at radius 2 is 1.84 bits per heavy atom. The highest BCUT2D eigenvalue weighted by Gasteiger charge is 2.37. The van der Waals surface area contributed by atoms with Gasteiger partial charge in [0.1, 0.15) is 0 Å². The number of nitrogens with one attached hydrogen (secondary N) is 1. The summed E-state index contributed by atoms with van der Waals surface area (Å²) in [5, 5.41) is 7.10. The van der Waals surface area contributed by atoms with E-state index >= 15 is 0 Å². The summed E-state index contributed by atoms with van der Waals surface area (Å²) in [5.74, 6) is -0.285. The van der Waals surface area contributed by atoms with Crippen LogP contribution < -0.4 is 5.32 Å². The van der Waals surface area contributed by atoms with Crippen molar-refractivity contribution in [1.29, 1.82) is 0 Å². The Hall–Kier alpha value is -3.23. The van der Waals surface area contributed by atoms with Crippen LogP contribution in [-0.2, 0) is 6.18 Å². The van der Waals surface area contributed by atoms with E-state index in [0.717, 1.165) is 36.4 Å². The van der Waals surface area contributed by atoms with E-state index < -0.39 is 11.9 Å². The first-order valence-corrected chi connectivity index (χ1v) is 10.3. The van der Waals surface area contributed by atoms with E-state index in [9.17, 15) is 18.0 Å². The summed E-state index contributed by atoms with van der Waals surface area (Å²) in [5.41, 5.74) is -0.0424. The van der Waals surface area contributed by atoms with Crippen molar-refractivity contribution in [3.63, 3.8) is 0 Å². The second kappa shape index (κ2) is 8.87. The fourth-order valence-electron chi connectivity index (χ4n) is 3.75. The molecule has 1 aliphatic rings. The van der Waals surface area contributed by atoms with Gasteiger partial charge in [0, 0.05) is 30.2 Å². The average Bonchev–Trinajstić information content (AvgIpc) is 3.08. The highest BCUT2D eigenvalue weighted by Crippen LogP contribution is 2.33. The Morgan fingerprint density at radius 1 is 1.06 bits per heavy atom. The monoisotopic (exact) mass is 429 g/mol. The first kappa shape index (κ1) is 21.0. The first-order valence-electron chi connectivity index (χ1n) is 10.3. The van der Waals surface area contributed by atoms with Crippen molar-refractivity contribution in [3.05, 3.63) is 60.2 Å². The molecule has 0 aliphatic heterocycles. The topological polar surface area (TPSA) is 72.7 Å². The zero-order valence-corrected chi connectivity index (χ0v) is 16.8. The zero-order valence-electron chi connectivity index (χ0n) is 16.8. The molecule has 9 heteroatoms. The van der Waals surface area contributed by atoms with Gasteiger partial charge in [-0.15, -0.1) is 0 Å². The van der Waals surface area contributed by atoms with Crippen LogP contribution in [0.25, 0.3) is 17.1 Å². The van der Waals surface area contributed by atoms with E-state index in [1.54, 1.807) is 12.1 Å². The minimum atomic E-state index is -4.62. The van der Waals surface area contributed by atoms with E-state index in [4.69, 9.17) is 0 Å². The number of pyridine rings is 2. The molecule has 3 aromatic heterocycles. The highest BCUT2D eigenvalue weighted by atomic mass is 19.4. The maximum atomic E-state index is 13.6. The maximum absolute atomic E-state index is 13.6. The largest absolute Gasteiger partial charge is 0.433 e. The predicted molar refractivity (Wildman–Crippen MR) is 109 cm³/mol. The van der Waals surface area contributed by atoms with Crippen LogP contribution in [-0.4, -0.2) is 31.7 Å². The molecule has 1 fully saturated rings. The lowest BCUT2D eigenvalue weighted by Crippen LogP contribution is -2.34. The Bertz CT molecular complexity index is 1020. The smallest absolute Gasteiger partial charge is 0.349 e. The van der Waals surface area contributed by atoms with Crippen LogP contribution in [0.2, 0.25) is 0 Å². The lowest BCUT2D eigenvalue weighted by Gasteiger charge is -2.16. The Labute approximate surface area is 177 Å². The van der Waals surface area contributed by atoms with Gasteiger partial charge in [-0.05, 0) is 43.2 Å². The number of hydrogen-bond acceptors (Lipinski definition) is 4. The second-order valence-corrected chi connectivity index (χ2v) is 7.63. The number of halogens is 3. The molecule has 0 unspecified atom stereocenters. The summed E-state index contributed by atoms with van der Waals surface area (Å²) in [4.78, 5) is 20.5. The minimum Gasteiger partial charge on any atom is -0.349 e. The molecule has 1 N–H and O–H groups in total. The van der Waals surface area contributed by atoms with Gasteiger partial charge < -0.3 is 5.32 Å². The predicted octanol–water partition coefficient (Wildman–Crippen LogP) is 4.80. The van der Waals surface area contributed by atoms with Gasteiger partial charge in [-0.3, -0.25) is 9.78 Å². The lowest BCUT2D eigenvalue weighted by molar-refractivity contribution is -0.142. The van der Waals surface area contributed by atoms with Crippen molar-refractivity contribution < 1.29 is 18.0 Å². The van der Waals surface area contributed by atoms with E-state index in [1.165, 1.54) is 43.6 Å². The van der Waals surface area contributed by atoms with Crippen LogP contribution in [0.3, 0.4) is 0 Å². The van der Waals surface area contributed by atoms with Crippen molar-refractivity contribution >= 4 is 5.91 Å². The summed E-state index contributed by atoms with van der Waals surface area (Å²) < 4.78 is 41.5. The second-order valence-electron chi connectivity index (χ2n) is 7.63. The van der Waals surface area contributed by atoms with Gasteiger partial charge in [0.25, 0.3) is 5.91 Å². The molecule has 3 heterocycles. The number of alkyl halides is 3. The highest BCUT2D eigenvalue weighted by molar-refractivity contribution is 5.94. The number of amides is 1. The third-order valence-electron chi connectivity index (χ3n) is 5.37. The van der Waals surface area contributed by atoms with Crippen molar-refractivity contribution in [2.75, 3.05) is 0 Å². The third-order valence-corrected chi connectivity index (χ3v) is 5.37. The molecule has 31 heavy (non-hydrogen) atoms. The minimum absolute atomic E-state index is 0.0199. The van der Waals surface area contributed by atoms with Crippen LogP contribution in [0.15, 0.2) is 48.9 Å². The van der Waals surface area contributed by atoms with Gasteiger partial charge >= 0.3 is 6.18 Å². The van der Waals surface area contributed by atoms with Gasteiger partial charge in [-0.2, -0.15) is 18.3 Å². The van der Waals surface area contributed by atoms with Crippen LogP contribution in [0.1, 0.15) is 54.6 Å². The van der Waals surface area contributed by atoms with Gasteiger partial charge in [-0.1, -0.05) is 25.7 Å². The molecule has 0 spiro atoms. The summed E-state index contributed by atoms with van der Waals surface area (Å²) in [6.07, 6.45) is 6.05. The normalized spacial score (nSPS) is 15.5. The number of hydrogen-bond donors (Lipinski definition) is 1. The number of nitrogens with zero attached hydrogens (tertiary/aromatic N) is 4. The molecule has 3 aromatic rings. The Morgan fingerprint density at radius 3 is 2.45 bits per heavy atom. The van der Waals surface area contributed by atoms with Gasteiger partial charge in [-0.25, -0.2) is 9.67 Å². The summed E-state index contributed by atoms with van der Waals surface area (Å²) in [6, 6.07) is 7.19. The molecule has 1 amide bonds. The molecule has 162 valence electrons. The average molecular weight is 429 g/mol. The standard InChI is InChI=1S/C22H22F3N5O/c23-22(24,25)19-12-18(15-6-5-11-26-13-15)29-30(19)20-10-9-16(14-27-20)21(31)28-17-7-3-1-2-4-8-17/h5-6,9-14,17H,1-4,7-8H2,(H,28,31). The van der Waals surface area contributed by atoms with E-state index in [2.05, 4.69) is 20.4 Å². The molecule has 0 saturated heterocycles. The molecule has 4 rings (SSSR count). The van der Waals surface area contributed by atoms with E-state index in [-0.39, 0.29) is 23.5 Å². The Kier molecular flexibility index (Phi) is 6.01. The molecular weight excluding hydrogens is 407 g/mol. The van der Waals surface area contributed by atoms with Crippen LogP contribution >= 0.6 is 0 Å². The molecule has 0 radical (unpaired) electrons. The molecule has 1 saturated carbocycles. The number of carbonyl (C=O) groups is 1. The van der Waals surface area contributed by atoms with E-state index in [0.29, 0.717) is 11.1 Å². The van der Waals surface area contributed by atoms with Crippen LogP contribution in [0, 0.1) is 0 Å². The molecule has 0 bridgehead atoms. The van der Waals surface area contributed by atoms with Crippen LogP contribution in [0.5, 0.6) is 0 Å². The first-order chi connectivity index (χ1) is 14.9. The van der Waals surface area contributed by atoms with Gasteiger partial charge in [0.05, 0.1) is 11.3 Å². The lowest BCUT2D eigenvalue weighted by atomic mass is 10.1. The molecule has 1 aliphatic carbocycles. The fraction of sp³-hybridized carbons (Fsp3) is 0.364. The zero-order chi connectivity index (χ0) is 21.8. The third kappa shape index (κ3) is 4.92. The van der Waals surface area contributed by atoms with Crippen molar-refractivity contribution in [3.8, 4) is 17.1 Å². The van der Waals surface area contributed by atoms with Gasteiger partial charge in [0.2, 0.25) is 0 Å². The maximum Gasteiger partial charge on any atom is 0.433 e. The molecule has 6 nitrogen and oxygen atoms in total. The van der Waals surface area contributed by atoms with Gasteiger partial charge in [0.15, 0.2) is 11.5 Å². The van der Waals surface area contributed by atoms with E-state index in [1.807, 2.05) is 0 Å². The summed E-state index contributed by atoms with van der Waals surface area (Å²) in [7, 11) is 0. The number of carbonyl (C=O) groups excluding carboxylic acids is 1. The van der Waals surface area contributed by atoms with Crippen molar-refractivity contribution in [2.24, 2.45) is 0 Å². The van der Waals surface area contributed by atoms with Crippen molar-refractivity contribution in [1.82, 2.24) is 25.1 Å². The molecule has 0 atom stereocenters. The molecular formula is C22H22F3N5O. The quantitative estimate of drug-likeness (QED) is 0.605. The SMILES string of the molecule is O=C(NC1CCCCCC1)c1ccc(-n2nc(-c3cccnc3)cc2C(F)(F)F)nc1. The molecule has 0 aromatic carbocycles. The summed E-state index contributed by atoms with van der Waals surface area (Å²) in [6.45, 7) is 0. The van der Waals surface area contributed by atoms with Crippen molar-refractivity contribution in [2.45, 2.75) is 50.7 Å². The number of aromatic nitrogens is 4. The Balaban J connectivity index is 1.58.